The van der Waals surface area contributed by atoms with Crippen molar-refractivity contribution in [3.8, 4) is 46.3 Å². The molecule has 18 heteroatoms. The number of rotatable bonds is 10. The average molecular weight is 786 g/mol. The van der Waals surface area contributed by atoms with Crippen LogP contribution in [0.2, 0.25) is 0 Å². The fraction of sp³-hybridized carbons (Fsp3) is 0.103. The lowest BCUT2D eigenvalue weighted by atomic mass is 10.2. The quantitative estimate of drug-likeness (QED) is 0.0891. The van der Waals surface area contributed by atoms with Gasteiger partial charge in [-0.3, -0.25) is 0 Å². The molecule has 4 N–H and O–H groups in total. The van der Waals surface area contributed by atoms with E-state index in [-0.39, 0.29) is 40.3 Å². The summed E-state index contributed by atoms with van der Waals surface area (Å²) in [7, 11) is 6.05. The van der Waals surface area contributed by atoms with Crippen molar-refractivity contribution in [2.75, 3.05) is 44.8 Å². The number of nitrogens with one attached hydrogen (secondary N) is 2. The first-order valence-electron chi connectivity index (χ1n) is 16.5. The fourth-order valence-electron chi connectivity index (χ4n) is 5.20. The molecule has 292 valence electrons. The highest BCUT2D eigenvalue weighted by atomic mass is 19.1. The maximum atomic E-state index is 14.6. The molecular weight excluding hydrogens is 754 g/mol. The Balaban J connectivity index is 0.000000208. The summed E-state index contributed by atoms with van der Waals surface area (Å²) in [6.07, 6.45) is 2.64. The lowest BCUT2D eigenvalue weighted by molar-refractivity contribution is 0.262. The number of aromatic nitrogens is 4. The molecule has 0 bridgehead atoms. The van der Waals surface area contributed by atoms with Crippen LogP contribution in [0, 0.1) is 23.3 Å². The molecule has 14 nitrogen and oxygen atoms in total. The highest BCUT2D eigenvalue weighted by Gasteiger charge is 2.16. The molecule has 0 aliphatic rings. The van der Waals surface area contributed by atoms with Crippen LogP contribution >= 0.6 is 0 Å². The number of anilines is 3. The topological polar surface area (TPSA) is 174 Å². The minimum Gasteiger partial charge on any atom is -0.493 e. The normalized spacial score (nSPS) is 10.6. The van der Waals surface area contributed by atoms with Gasteiger partial charge in [0.05, 0.1) is 67.3 Å². The number of carbonyl (C=O) groups excluding carboxylic acids is 1. The van der Waals surface area contributed by atoms with E-state index in [4.69, 9.17) is 34.2 Å². The van der Waals surface area contributed by atoms with Crippen molar-refractivity contribution in [1.82, 2.24) is 19.9 Å². The first-order chi connectivity index (χ1) is 27.5. The Kier molecular flexibility index (Phi) is 11.8. The summed E-state index contributed by atoms with van der Waals surface area (Å²) in [5.74, 6) is -0.352. The number of hydrogen-bond donors (Lipinski definition) is 3. The second-order valence-corrected chi connectivity index (χ2v) is 11.5. The standard InChI is InChI=1S/C23H17F3N4O4.C16H14FN3O3/c1-32-20-9-14-19(10-21(20)33-2)27-11-28-22(14)34-13-4-6-18(16(26)8-13)30-23(31)29-17-5-3-12(24)7-15(17)25;1-21-14-6-10-13(7-15(14)22-2)19-8-20-16(10)23-9-3-4-12(18)11(17)5-9/h3-11H,1-2H3,(H2,29,30,31);3-8H,18H2,1-2H3. The van der Waals surface area contributed by atoms with Crippen LogP contribution in [0.3, 0.4) is 0 Å². The molecule has 57 heavy (non-hydrogen) atoms. The number of benzene rings is 5. The number of ether oxygens (including phenoxy) is 6. The largest absolute Gasteiger partial charge is 0.493 e. The van der Waals surface area contributed by atoms with Gasteiger partial charge in [-0.15, -0.1) is 0 Å². The lowest BCUT2D eigenvalue weighted by Crippen LogP contribution is -2.20. The first-order valence-corrected chi connectivity index (χ1v) is 16.5. The Morgan fingerprint density at radius 3 is 1.44 bits per heavy atom. The Labute approximate surface area is 321 Å². The molecule has 0 fully saturated rings. The number of nitrogens with zero attached hydrogens (tertiary/aromatic N) is 4. The number of halogens is 4. The molecule has 0 radical (unpaired) electrons. The van der Waals surface area contributed by atoms with Crippen LogP contribution in [0.1, 0.15) is 0 Å². The fourth-order valence-corrected chi connectivity index (χ4v) is 5.20. The maximum Gasteiger partial charge on any atom is 0.323 e. The number of nitrogen functional groups attached to an aromatic ring is 1. The SMILES string of the molecule is COc1cc2ncnc(Oc3ccc(N)c(F)c3)c2cc1OC.COc1cc2ncnc(Oc3ccc(NC(=O)Nc4ccc(F)cc4F)c(F)c3)c2cc1OC. The third-order valence-corrected chi connectivity index (χ3v) is 7.98. The molecule has 0 unspecified atom stereocenters. The second-order valence-electron chi connectivity index (χ2n) is 11.5. The van der Waals surface area contributed by atoms with E-state index >= 15 is 0 Å². The molecule has 7 rings (SSSR count). The van der Waals surface area contributed by atoms with Gasteiger partial charge in [0.1, 0.15) is 47.4 Å². The number of urea groups is 1. The van der Waals surface area contributed by atoms with E-state index in [9.17, 15) is 22.4 Å². The molecule has 0 aliphatic carbocycles. The number of carbonyl (C=O) groups is 1. The number of amides is 2. The molecule has 2 aromatic heterocycles. The summed E-state index contributed by atoms with van der Waals surface area (Å²) in [4.78, 5) is 28.6. The molecule has 2 amide bonds. The van der Waals surface area contributed by atoms with Gasteiger partial charge in [0.2, 0.25) is 11.8 Å². The minimum atomic E-state index is -0.967. The van der Waals surface area contributed by atoms with Crippen LogP contribution in [0.25, 0.3) is 21.8 Å². The molecule has 0 atom stereocenters. The van der Waals surface area contributed by atoms with Crippen LogP contribution in [-0.4, -0.2) is 54.4 Å². The van der Waals surface area contributed by atoms with Gasteiger partial charge >= 0.3 is 6.03 Å². The Hall–Kier alpha value is -7.63. The first kappa shape index (κ1) is 39.1. The van der Waals surface area contributed by atoms with Crippen molar-refractivity contribution in [2.24, 2.45) is 0 Å². The predicted molar refractivity (Wildman–Crippen MR) is 202 cm³/mol. The smallest absolute Gasteiger partial charge is 0.323 e. The van der Waals surface area contributed by atoms with Gasteiger partial charge in [-0.2, -0.15) is 0 Å². The van der Waals surface area contributed by atoms with Crippen molar-refractivity contribution >= 4 is 44.9 Å². The zero-order chi connectivity index (χ0) is 40.6. The number of methoxy groups -OCH3 is 4. The van der Waals surface area contributed by atoms with Crippen molar-refractivity contribution < 1.29 is 50.8 Å². The summed E-state index contributed by atoms with van der Waals surface area (Å²) in [6.45, 7) is 0. The van der Waals surface area contributed by atoms with E-state index in [2.05, 4.69) is 30.6 Å². The van der Waals surface area contributed by atoms with E-state index in [1.54, 1.807) is 37.4 Å². The van der Waals surface area contributed by atoms with Crippen molar-refractivity contribution in [3.05, 3.63) is 115 Å². The van der Waals surface area contributed by atoms with Gasteiger partial charge in [-0.1, -0.05) is 0 Å². The van der Waals surface area contributed by atoms with E-state index in [1.165, 1.54) is 58.2 Å². The lowest BCUT2D eigenvalue weighted by Gasteiger charge is -2.12. The molecule has 2 heterocycles. The van der Waals surface area contributed by atoms with Gasteiger partial charge in [0.25, 0.3) is 0 Å². The number of nitrogens with two attached hydrogens (primary N) is 1. The highest BCUT2D eigenvalue weighted by molar-refractivity contribution is 6.00. The molecule has 7 aromatic rings. The van der Waals surface area contributed by atoms with Crippen LogP contribution in [0.15, 0.2) is 91.5 Å². The Morgan fingerprint density at radius 1 is 0.544 bits per heavy atom. The second kappa shape index (κ2) is 17.2. The van der Waals surface area contributed by atoms with Crippen LogP contribution in [0.5, 0.6) is 46.3 Å². The summed E-state index contributed by atoms with van der Waals surface area (Å²) in [5.41, 5.74) is 6.19. The zero-order valence-electron chi connectivity index (χ0n) is 30.4. The van der Waals surface area contributed by atoms with Gasteiger partial charge in [0, 0.05) is 30.3 Å². The molecule has 0 saturated heterocycles. The van der Waals surface area contributed by atoms with Gasteiger partial charge in [0.15, 0.2) is 23.0 Å². The molecule has 0 spiro atoms. The Bertz CT molecular complexity index is 2600. The van der Waals surface area contributed by atoms with Crippen LogP contribution in [0.4, 0.5) is 39.4 Å². The third-order valence-electron chi connectivity index (χ3n) is 7.98. The van der Waals surface area contributed by atoms with E-state index in [0.29, 0.717) is 50.9 Å². The predicted octanol–water partition coefficient (Wildman–Crippen LogP) is 8.66. The maximum absolute atomic E-state index is 14.6. The van der Waals surface area contributed by atoms with E-state index in [0.717, 1.165) is 18.2 Å². The number of fused-ring (bicyclic) bond motifs is 2. The van der Waals surface area contributed by atoms with E-state index in [1.807, 2.05) is 0 Å². The van der Waals surface area contributed by atoms with Gasteiger partial charge in [-0.05, 0) is 48.5 Å². The summed E-state index contributed by atoms with van der Waals surface area (Å²) in [5, 5.41) is 5.55. The van der Waals surface area contributed by atoms with E-state index < -0.39 is 29.3 Å². The van der Waals surface area contributed by atoms with Crippen molar-refractivity contribution in [3.63, 3.8) is 0 Å². The number of hydrogen-bond acceptors (Lipinski definition) is 12. The third kappa shape index (κ3) is 9.02. The minimum absolute atomic E-state index is 0.0521. The summed E-state index contributed by atoms with van der Waals surface area (Å²) < 4.78 is 87.3. The van der Waals surface area contributed by atoms with Crippen LogP contribution in [-0.2, 0) is 0 Å². The highest BCUT2D eigenvalue weighted by Crippen LogP contribution is 2.37. The molecule has 0 saturated carbocycles. The van der Waals surface area contributed by atoms with Crippen LogP contribution < -0.4 is 44.8 Å². The molecule has 5 aromatic carbocycles. The van der Waals surface area contributed by atoms with Gasteiger partial charge in [-0.25, -0.2) is 42.3 Å². The zero-order valence-corrected chi connectivity index (χ0v) is 30.4. The van der Waals surface area contributed by atoms with Crippen molar-refractivity contribution in [2.45, 2.75) is 0 Å². The molecule has 0 aliphatic heterocycles. The summed E-state index contributed by atoms with van der Waals surface area (Å²) >= 11 is 0. The van der Waals surface area contributed by atoms with Crippen molar-refractivity contribution in [1.29, 1.82) is 0 Å². The van der Waals surface area contributed by atoms with Gasteiger partial charge < -0.3 is 44.8 Å². The summed E-state index contributed by atoms with van der Waals surface area (Å²) in [6, 6.07) is 16.3. The monoisotopic (exact) mass is 785 g/mol. The molecular formula is C39H31F4N7O7. The average Bonchev–Trinajstić information content (AvgIpc) is 3.20. The Morgan fingerprint density at radius 2 is 0.982 bits per heavy atom.